The monoisotopic (exact) mass is 296 g/mol. The van der Waals surface area contributed by atoms with Crippen molar-refractivity contribution >= 4 is 40.4 Å². The van der Waals surface area contributed by atoms with E-state index in [1.807, 2.05) is 0 Å². The topological polar surface area (TPSA) is 98.0 Å². The van der Waals surface area contributed by atoms with Gasteiger partial charge in [-0.2, -0.15) is 0 Å². The van der Waals surface area contributed by atoms with Crippen molar-refractivity contribution in [3.05, 3.63) is 39.3 Å². The summed E-state index contributed by atoms with van der Waals surface area (Å²) in [7, 11) is 0. The van der Waals surface area contributed by atoms with E-state index in [0.29, 0.717) is 5.69 Å². The summed E-state index contributed by atoms with van der Waals surface area (Å²) in [5, 5.41) is 10.0. The van der Waals surface area contributed by atoms with Gasteiger partial charge in [-0.1, -0.05) is 23.5 Å². The molecule has 1 aromatic heterocycles. The van der Waals surface area contributed by atoms with Gasteiger partial charge in [-0.05, 0) is 29.3 Å². The van der Waals surface area contributed by atoms with Crippen LogP contribution in [0, 0.1) is 0 Å². The highest BCUT2D eigenvalue weighted by molar-refractivity contribution is 7.17. The fourth-order valence-electron chi connectivity index (χ4n) is 1.39. The third-order valence-electron chi connectivity index (χ3n) is 2.18. The minimum absolute atomic E-state index is 0.167. The van der Waals surface area contributed by atoms with Gasteiger partial charge >= 0.3 is 0 Å². The predicted octanol–water partition coefficient (Wildman–Crippen LogP) is 1.47. The second-order valence-corrected chi connectivity index (χ2v) is 5.21. The average Bonchev–Trinajstić information content (AvgIpc) is 2.78. The van der Waals surface area contributed by atoms with E-state index in [4.69, 9.17) is 17.3 Å². The van der Waals surface area contributed by atoms with Gasteiger partial charge in [0.25, 0.3) is 5.91 Å². The number of anilines is 1. The first-order chi connectivity index (χ1) is 9.04. The Morgan fingerprint density at radius 3 is 2.47 bits per heavy atom. The van der Waals surface area contributed by atoms with Gasteiger partial charge in [-0.25, -0.2) is 0 Å². The summed E-state index contributed by atoms with van der Waals surface area (Å²) < 4.78 is 0.210. The molecule has 0 atom stereocenters. The number of rotatable bonds is 4. The molecular formula is C11H9ClN4O2S. The van der Waals surface area contributed by atoms with Crippen LogP contribution in [0.15, 0.2) is 24.3 Å². The Bertz CT molecular complexity index is 611. The minimum atomic E-state index is -0.403. The summed E-state index contributed by atoms with van der Waals surface area (Å²) in [6, 6.07) is 6.79. The van der Waals surface area contributed by atoms with E-state index < -0.39 is 5.91 Å². The molecule has 0 aliphatic heterocycles. The summed E-state index contributed by atoms with van der Waals surface area (Å²) in [6.45, 7) is 0. The second-order valence-electron chi connectivity index (χ2n) is 3.65. The molecule has 0 unspecified atom stereocenters. The summed E-state index contributed by atoms with van der Waals surface area (Å²) in [6.07, 6.45) is 0.167. The zero-order valence-corrected chi connectivity index (χ0v) is 11.2. The molecule has 0 saturated heterocycles. The highest BCUT2D eigenvalue weighted by atomic mass is 35.5. The van der Waals surface area contributed by atoms with E-state index in [2.05, 4.69) is 15.5 Å². The Labute approximate surface area is 117 Å². The van der Waals surface area contributed by atoms with Crippen LogP contribution in [-0.2, 0) is 11.2 Å². The summed E-state index contributed by atoms with van der Waals surface area (Å²) in [5.41, 5.74) is 6.46. The minimum Gasteiger partial charge on any atom is -0.369 e. The van der Waals surface area contributed by atoms with E-state index in [1.54, 1.807) is 24.3 Å². The van der Waals surface area contributed by atoms with E-state index in [0.717, 1.165) is 16.9 Å². The Balaban J connectivity index is 2.03. The van der Waals surface area contributed by atoms with Crippen molar-refractivity contribution in [3.63, 3.8) is 0 Å². The smallest absolute Gasteiger partial charge is 0.286 e. The van der Waals surface area contributed by atoms with Gasteiger partial charge in [0.15, 0.2) is 0 Å². The Morgan fingerprint density at radius 2 is 1.95 bits per heavy atom. The molecule has 0 saturated carbocycles. The molecule has 19 heavy (non-hydrogen) atoms. The van der Waals surface area contributed by atoms with Gasteiger partial charge in [0.2, 0.25) is 15.4 Å². The van der Waals surface area contributed by atoms with Crippen LogP contribution in [0.25, 0.3) is 0 Å². The average molecular weight is 297 g/mol. The number of halogens is 1. The Morgan fingerprint density at radius 1 is 1.26 bits per heavy atom. The van der Waals surface area contributed by atoms with Crippen LogP contribution in [0.4, 0.5) is 5.69 Å². The van der Waals surface area contributed by atoms with Gasteiger partial charge in [0.1, 0.15) is 0 Å². The lowest BCUT2D eigenvalue weighted by molar-refractivity contribution is -0.117. The van der Waals surface area contributed by atoms with Crippen molar-refractivity contribution in [2.45, 2.75) is 6.42 Å². The van der Waals surface area contributed by atoms with Gasteiger partial charge in [-0.3, -0.25) is 9.59 Å². The van der Waals surface area contributed by atoms with Crippen LogP contribution in [0.1, 0.15) is 15.4 Å². The lowest BCUT2D eigenvalue weighted by Gasteiger charge is -2.03. The largest absolute Gasteiger partial charge is 0.369 e. The molecule has 1 aromatic carbocycles. The van der Waals surface area contributed by atoms with Crippen LogP contribution in [0.5, 0.6) is 0 Å². The molecule has 2 aromatic rings. The summed E-state index contributed by atoms with van der Waals surface area (Å²) >= 11 is 6.59. The first kappa shape index (κ1) is 13.4. The van der Waals surface area contributed by atoms with Crippen LogP contribution >= 0.6 is 22.9 Å². The maximum Gasteiger partial charge on any atom is 0.286 e. The Hall–Kier alpha value is -1.99. The normalized spacial score (nSPS) is 10.2. The molecule has 0 fully saturated rings. The fraction of sp³-hybridized carbons (Fsp3) is 0.0909. The number of benzene rings is 1. The molecule has 2 rings (SSSR count). The third-order valence-corrected chi connectivity index (χ3v) is 3.20. The number of carbonyl (C=O) groups is 2. The van der Waals surface area contributed by atoms with Crippen molar-refractivity contribution < 1.29 is 9.59 Å². The number of nitrogens with two attached hydrogens (primary N) is 1. The molecule has 2 amide bonds. The molecule has 0 aliphatic carbocycles. The maximum absolute atomic E-state index is 11.8. The number of nitrogens with one attached hydrogen (secondary N) is 1. The SMILES string of the molecule is NC(=O)Cc1ccc(NC(=O)c2nnc(Cl)s2)cc1. The molecule has 8 heteroatoms. The van der Waals surface area contributed by atoms with Gasteiger partial charge in [-0.15, -0.1) is 10.2 Å². The number of primary amides is 1. The molecule has 0 bridgehead atoms. The Kier molecular flexibility index (Phi) is 4.08. The molecular weight excluding hydrogens is 288 g/mol. The molecule has 6 nitrogen and oxygen atoms in total. The molecule has 0 aliphatic rings. The standard InChI is InChI=1S/C11H9ClN4O2S/c12-11-16-15-10(19-11)9(18)14-7-3-1-6(2-4-7)5-8(13)17/h1-4H,5H2,(H2,13,17)(H,14,18). The van der Waals surface area contributed by atoms with Gasteiger partial charge in [0.05, 0.1) is 6.42 Å². The van der Waals surface area contributed by atoms with Crippen LogP contribution in [0.2, 0.25) is 4.47 Å². The molecule has 1 heterocycles. The zero-order valence-electron chi connectivity index (χ0n) is 9.59. The lowest BCUT2D eigenvalue weighted by Crippen LogP contribution is -2.14. The first-order valence-corrected chi connectivity index (χ1v) is 6.41. The first-order valence-electron chi connectivity index (χ1n) is 5.22. The fourth-order valence-corrected chi connectivity index (χ4v) is 2.11. The highest BCUT2D eigenvalue weighted by Crippen LogP contribution is 2.17. The van der Waals surface area contributed by atoms with Crippen molar-refractivity contribution in [3.8, 4) is 0 Å². The quantitative estimate of drug-likeness (QED) is 0.892. The van der Waals surface area contributed by atoms with E-state index in [1.165, 1.54) is 0 Å². The van der Waals surface area contributed by atoms with Crippen molar-refractivity contribution in [1.29, 1.82) is 0 Å². The summed E-state index contributed by atoms with van der Waals surface area (Å²) in [4.78, 5) is 22.5. The van der Waals surface area contributed by atoms with Crippen LogP contribution < -0.4 is 11.1 Å². The van der Waals surface area contributed by atoms with Gasteiger partial charge < -0.3 is 11.1 Å². The number of hydrogen-bond acceptors (Lipinski definition) is 5. The van der Waals surface area contributed by atoms with Gasteiger partial charge in [0, 0.05) is 5.69 Å². The number of amides is 2. The van der Waals surface area contributed by atoms with Crippen molar-refractivity contribution in [2.75, 3.05) is 5.32 Å². The van der Waals surface area contributed by atoms with Crippen molar-refractivity contribution in [1.82, 2.24) is 10.2 Å². The van der Waals surface area contributed by atoms with E-state index in [9.17, 15) is 9.59 Å². The van der Waals surface area contributed by atoms with E-state index >= 15 is 0 Å². The molecule has 98 valence electrons. The molecule has 0 radical (unpaired) electrons. The van der Waals surface area contributed by atoms with Crippen molar-refractivity contribution in [2.24, 2.45) is 5.73 Å². The maximum atomic E-state index is 11.8. The molecule has 0 spiro atoms. The second kappa shape index (κ2) is 5.77. The van der Waals surface area contributed by atoms with Crippen LogP contribution in [0.3, 0.4) is 0 Å². The molecule has 3 N–H and O–H groups in total. The summed E-state index contributed by atoms with van der Waals surface area (Å²) in [5.74, 6) is -0.785. The van der Waals surface area contributed by atoms with Crippen LogP contribution in [-0.4, -0.2) is 22.0 Å². The number of carbonyl (C=O) groups excluding carboxylic acids is 2. The van der Waals surface area contributed by atoms with E-state index in [-0.39, 0.29) is 21.8 Å². The number of nitrogens with zero attached hydrogens (tertiary/aromatic N) is 2. The lowest BCUT2D eigenvalue weighted by atomic mass is 10.1. The highest BCUT2D eigenvalue weighted by Gasteiger charge is 2.12. The number of hydrogen-bond donors (Lipinski definition) is 2. The zero-order chi connectivity index (χ0) is 13.8. The number of aromatic nitrogens is 2. The third kappa shape index (κ3) is 3.73. The predicted molar refractivity (Wildman–Crippen MR) is 72.2 cm³/mol.